The smallest absolute Gasteiger partial charge is 0.339 e. The van der Waals surface area contributed by atoms with Gasteiger partial charge < -0.3 is 9.47 Å². The van der Waals surface area contributed by atoms with E-state index in [1.165, 1.54) is 11.9 Å². The van der Waals surface area contributed by atoms with Crippen molar-refractivity contribution in [2.75, 3.05) is 23.4 Å². The van der Waals surface area contributed by atoms with Crippen LogP contribution in [0.3, 0.4) is 0 Å². The highest BCUT2D eigenvalue weighted by Gasteiger charge is 2.32. The van der Waals surface area contributed by atoms with Gasteiger partial charge in [-0.2, -0.15) is 0 Å². The number of amides is 2. The number of para-hydroxylation sites is 1. The second kappa shape index (κ2) is 7.86. The van der Waals surface area contributed by atoms with Gasteiger partial charge in [-0.15, -0.1) is 0 Å². The Kier molecular flexibility index (Phi) is 5.12. The van der Waals surface area contributed by atoms with Crippen molar-refractivity contribution < 1.29 is 14.3 Å². The fourth-order valence-electron chi connectivity index (χ4n) is 3.14. The van der Waals surface area contributed by atoms with Crippen LogP contribution >= 0.6 is 11.9 Å². The van der Waals surface area contributed by atoms with E-state index in [1.54, 1.807) is 23.4 Å². The van der Waals surface area contributed by atoms with Crippen LogP contribution in [-0.2, 0) is 6.54 Å². The Morgan fingerprint density at radius 1 is 0.857 bits per heavy atom. The number of rotatable bonds is 5. The first-order valence-corrected chi connectivity index (χ1v) is 9.63. The summed E-state index contributed by atoms with van der Waals surface area (Å²) in [5, 5.41) is 0. The lowest BCUT2D eigenvalue weighted by Gasteiger charge is -2.36. The Hall–Kier alpha value is -3.12. The van der Waals surface area contributed by atoms with E-state index in [4.69, 9.17) is 9.47 Å². The van der Waals surface area contributed by atoms with Crippen LogP contribution in [0.25, 0.3) is 0 Å². The number of methoxy groups -OCH3 is 2. The second-order valence-electron chi connectivity index (χ2n) is 6.25. The zero-order valence-corrected chi connectivity index (χ0v) is 16.5. The molecule has 0 aliphatic carbocycles. The van der Waals surface area contributed by atoms with Crippen LogP contribution in [0.15, 0.2) is 77.7 Å². The molecule has 1 aliphatic heterocycles. The molecule has 28 heavy (non-hydrogen) atoms. The van der Waals surface area contributed by atoms with Crippen LogP contribution in [0, 0.1) is 0 Å². The number of urea groups is 1. The average molecular weight is 392 g/mol. The van der Waals surface area contributed by atoms with Crippen LogP contribution in [0.2, 0.25) is 0 Å². The van der Waals surface area contributed by atoms with Crippen molar-refractivity contribution in [1.29, 1.82) is 0 Å². The van der Waals surface area contributed by atoms with Gasteiger partial charge >= 0.3 is 6.03 Å². The van der Waals surface area contributed by atoms with Crippen molar-refractivity contribution in [3.63, 3.8) is 0 Å². The van der Waals surface area contributed by atoms with E-state index in [0.717, 1.165) is 21.8 Å². The molecule has 0 saturated carbocycles. The normalized spacial score (nSPS) is 13.3. The SMILES string of the molecule is COc1ccc(N2Sc3ccccc3N(Cc3ccccc3)C2=O)cc1OC. The van der Waals surface area contributed by atoms with Gasteiger partial charge in [-0.25, -0.2) is 9.10 Å². The van der Waals surface area contributed by atoms with Gasteiger partial charge in [0.05, 0.1) is 37.0 Å². The quantitative estimate of drug-likeness (QED) is 0.548. The average Bonchev–Trinajstić information content (AvgIpc) is 2.75. The molecule has 0 atom stereocenters. The highest BCUT2D eigenvalue weighted by Crippen LogP contribution is 2.43. The van der Waals surface area contributed by atoms with E-state index in [1.807, 2.05) is 72.8 Å². The lowest BCUT2D eigenvalue weighted by Crippen LogP contribution is -2.42. The van der Waals surface area contributed by atoms with Gasteiger partial charge in [0.1, 0.15) is 0 Å². The fourth-order valence-corrected chi connectivity index (χ4v) is 4.14. The molecule has 6 heteroatoms. The Morgan fingerprint density at radius 2 is 1.57 bits per heavy atom. The minimum absolute atomic E-state index is 0.0974. The van der Waals surface area contributed by atoms with Gasteiger partial charge in [0.2, 0.25) is 0 Å². The van der Waals surface area contributed by atoms with Gasteiger partial charge in [-0.3, -0.25) is 4.90 Å². The Balaban J connectivity index is 1.73. The van der Waals surface area contributed by atoms with Crippen molar-refractivity contribution in [3.05, 3.63) is 78.4 Å². The molecule has 142 valence electrons. The first-order valence-electron chi connectivity index (χ1n) is 8.86. The van der Waals surface area contributed by atoms with Crippen molar-refractivity contribution >= 4 is 29.4 Å². The Bertz CT molecular complexity index is 994. The first-order chi connectivity index (χ1) is 13.7. The molecule has 1 aliphatic rings. The van der Waals surface area contributed by atoms with Gasteiger partial charge in [-0.1, -0.05) is 42.5 Å². The number of fused-ring (bicyclic) bond motifs is 1. The molecular formula is C22H20N2O3S. The molecule has 3 aromatic carbocycles. The minimum Gasteiger partial charge on any atom is -0.493 e. The highest BCUT2D eigenvalue weighted by atomic mass is 32.2. The maximum atomic E-state index is 13.4. The fraction of sp³-hybridized carbons (Fsp3) is 0.136. The number of hydrogen-bond acceptors (Lipinski definition) is 4. The van der Waals surface area contributed by atoms with Crippen molar-refractivity contribution in [3.8, 4) is 11.5 Å². The van der Waals surface area contributed by atoms with Crippen molar-refractivity contribution in [1.82, 2.24) is 0 Å². The molecule has 3 aromatic rings. The minimum atomic E-state index is -0.0974. The number of anilines is 2. The summed E-state index contributed by atoms with van der Waals surface area (Å²) in [5.74, 6) is 1.21. The summed E-state index contributed by atoms with van der Waals surface area (Å²) in [6.07, 6.45) is 0. The van der Waals surface area contributed by atoms with E-state index < -0.39 is 0 Å². The predicted molar refractivity (Wildman–Crippen MR) is 112 cm³/mol. The third-order valence-corrected chi connectivity index (χ3v) is 5.63. The van der Waals surface area contributed by atoms with Crippen LogP contribution in [0.5, 0.6) is 11.5 Å². The third kappa shape index (κ3) is 3.39. The molecule has 0 radical (unpaired) electrons. The van der Waals surface area contributed by atoms with Gasteiger partial charge in [0.25, 0.3) is 0 Å². The Morgan fingerprint density at radius 3 is 2.32 bits per heavy atom. The van der Waals surface area contributed by atoms with Crippen LogP contribution in [0.4, 0.5) is 16.2 Å². The maximum absolute atomic E-state index is 13.4. The van der Waals surface area contributed by atoms with Crippen molar-refractivity contribution in [2.45, 2.75) is 11.4 Å². The van der Waals surface area contributed by atoms with Gasteiger partial charge in [0, 0.05) is 6.07 Å². The molecule has 0 aromatic heterocycles. The maximum Gasteiger partial charge on any atom is 0.339 e. The van der Waals surface area contributed by atoms with E-state index in [2.05, 4.69) is 0 Å². The number of carbonyl (C=O) groups excluding carboxylic acids is 1. The summed E-state index contributed by atoms with van der Waals surface area (Å²) in [5.41, 5.74) is 2.73. The Labute approximate surface area is 168 Å². The zero-order valence-electron chi connectivity index (χ0n) is 15.7. The summed E-state index contributed by atoms with van der Waals surface area (Å²) in [7, 11) is 3.18. The van der Waals surface area contributed by atoms with Crippen molar-refractivity contribution in [2.24, 2.45) is 0 Å². The summed E-state index contributed by atoms with van der Waals surface area (Å²) >= 11 is 1.41. The van der Waals surface area contributed by atoms with E-state index in [-0.39, 0.29) is 6.03 Å². The van der Waals surface area contributed by atoms with Crippen LogP contribution < -0.4 is 18.7 Å². The lowest BCUT2D eigenvalue weighted by atomic mass is 10.2. The van der Waals surface area contributed by atoms with E-state index in [0.29, 0.717) is 18.0 Å². The number of ether oxygens (including phenoxy) is 2. The molecule has 2 amide bonds. The number of hydrogen-bond donors (Lipinski definition) is 0. The topological polar surface area (TPSA) is 42.0 Å². The molecule has 5 nitrogen and oxygen atoms in total. The first kappa shape index (κ1) is 18.3. The molecule has 0 saturated heterocycles. The van der Waals surface area contributed by atoms with E-state index in [9.17, 15) is 4.79 Å². The highest BCUT2D eigenvalue weighted by molar-refractivity contribution is 8.01. The number of benzene rings is 3. The number of carbonyl (C=O) groups is 1. The monoisotopic (exact) mass is 392 g/mol. The molecule has 1 heterocycles. The van der Waals surface area contributed by atoms with Crippen LogP contribution in [-0.4, -0.2) is 20.3 Å². The summed E-state index contributed by atoms with van der Waals surface area (Å²) < 4.78 is 12.4. The molecule has 0 bridgehead atoms. The molecule has 0 spiro atoms. The number of nitrogens with zero attached hydrogens (tertiary/aromatic N) is 2. The summed E-state index contributed by atoms with van der Waals surface area (Å²) in [4.78, 5) is 16.2. The van der Waals surface area contributed by atoms with Gasteiger partial charge in [0.15, 0.2) is 11.5 Å². The predicted octanol–water partition coefficient (Wildman–Crippen LogP) is 5.36. The largest absolute Gasteiger partial charge is 0.493 e. The zero-order chi connectivity index (χ0) is 19.5. The standard InChI is InChI=1S/C22H20N2O3S/c1-26-19-13-12-17(14-20(19)27-2)24-22(25)23(15-16-8-4-3-5-9-16)18-10-6-7-11-21(18)28-24/h3-14H,15H2,1-2H3. The lowest BCUT2D eigenvalue weighted by molar-refractivity contribution is 0.254. The summed E-state index contributed by atoms with van der Waals surface area (Å²) in [6, 6.07) is 23.3. The molecule has 0 fully saturated rings. The molecule has 4 rings (SSSR count). The van der Waals surface area contributed by atoms with Gasteiger partial charge in [-0.05, 0) is 41.8 Å². The third-order valence-electron chi connectivity index (χ3n) is 4.54. The molecular weight excluding hydrogens is 372 g/mol. The van der Waals surface area contributed by atoms with Crippen LogP contribution in [0.1, 0.15) is 5.56 Å². The summed E-state index contributed by atoms with van der Waals surface area (Å²) in [6.45, 7) is 0.501. The van der Waals surface area contributed by atoms with E-state index >= 15 is 0 Å². The molecule has 0 N–H and O–H groups in total. The molecule has 0 unspecified atom stereocenters. The second-order valence-corrected chi connectivity index (χ2v) is 7.23.